The van der Waals surface area contributed by atoms with Gasteiger partial charge in [0.2, 0.25) is 11.9 Å². The molecular formula is C15H21N5O. The largest absolute Gasteiger partial charge is 0.424 e. The van der Waals surface area contributed by atoms with Crippen molar-refractivity contribution in [2.75, 3.05) is 30.9 Å². The van der Waals surface area contributed by atoms with Crippen molar-refractivity contribution in [1.82, 2.24) is 15.0 Å². The Bertz CT molecular complexity index is 627. The molecule has 1 N–H and O–H groups in total. The zero-order chi connectivity index (χ0) is 15.4. The van der Waals surface area contributed by atoms with E-state index in [1.807, 2.05) is 58.0 Å². The third-order valence-corrected chi connectivity index (χ3v) is 2.88. The first-order chi connectivity index (χ1) is 9.99. The lowest BCUT2D eigenvalue weighted by molar-refractivity contribution is 0.437. The SMILES string of the molecule is CCNc1nc(Oc2cc(C)ccc2C)nc(N(C)C)n1. The maximum absolute atomic E-state index is 5.84. The van der Waals surface area contributed by atoms with Gasteiger partial charge in [0, 0.05) is 20.6 Å². The predicted octanol–water partition coefficient (Wildman–Crippen LogP) is 2.78. The fraction of sp³-hybridized carbons (Fsp3) is 0.400. The second kappa shape index (κ2) is 6.39. The number of aryl methyl sites for hydroxylation is 2. The van der Waals surface area contributed by atoms with Crippen LogP contribution in [-0.4, -0.2) is 35.6 Å². The van der Waals surface area contributed by atoms with Crippen LogP contribution in [0.15, 0.2) is 18.2 Å². The van der Waals surface area contributed by atoms with Gasteiger partial charge in [-0.25, -0.2) is 0 Å². The van der Waals surface area contributed by atoms with Crippen molar-refractivity contribution in [3.05, 3.63) is 29.3 Å². The maximum atomic E-state index is 5.84. The number of nitrogens with zero attached hydrogens (tertiary/aromatic N) is 4. The molecule has 0 bridgehead atoms. The van der Waals surface area contributed by atoms with Crippen LogP contribution in [0, 0.1) is 13.8 Å². The zero-order valence-electron chi connectivity index (χ0n) is 13.1. The Morgan fingerprint density at radius 2 is 1.90 bits per heavy atom. The van der Waals surface area contributed by atoms with Gasteiger partial charge in [-0.05, 0) is 38.0 Å². The van der Waals surface area contributed by atoms with Crippen LogP contribution < -0.4 is 15.0 Å². The molecule has 21 heavy (non-hydrogen) atoms. The summed E-state index contributed by atoms with van der Waals surface area (Å²) in [6, 6.07) is 6.33. The summed E-state index contributed by atoms with van der Waals surface area (Å²) in [6.45, 7) is 6.74. The lowest BCUT2D eigenvalue weighted by Gasteiger charge is -2.14. The highest BCUT2D eigenvalue weighted by atomic mass is 16.5. The van der Waals surface area contributed by atoms with Crippen molar-refractivity contribution in [3.8, 4) is 11.8 Å². The summed E-state index contributed by atoms with van der Waals surface area (Å²) in [5, 5.41) is 3.09. The number of hydrogen-bond donors (Lipinski definition) is 1. The molecule has 2 aromatic rings. The number of ether oxygens (including phenoxy) is 1. The summed E-state index contributed by atoms with van der Waals surface area (Å²) < 4.78 is 5.84. The highest BCUT2D eigenvalue weighted by Crippen LogP contribution is 2.25. The third-order valence-electron chi connectivity index (χ3n) is 2.88. The van der Waals surface area contributed by atoms with Crippen LogP contribution >= 0.6 is 0 Å². The van der Waals surface area contributed by atoms with Crippen molar-refractivity contribution < 1.29 is 4.74 Å². The lowest BCUT2D eigenvalue weighted by atomic mass is 10.1. The topological polar surface area (TPSA) is 63.2 Å². The third kappa shape index (κ3) is 3.81. The first-order valence-corrected chi connectivity index (χ1v) is 6.92. The van der Waals surface area contributed by atoms with Gasteiger partial charge in [0.25, 0.3) is 0 Å². The van der Waals surface area contributed by atoms with E-state index in [1.54, 1.807) is 0 Å². The molecule has 112 valence electrons. The summed E-state index contributed by atoms with van der Waals surface area (Å²) in [5.74, 6) is 1.83. The molecule has 0 unspecified atom stereocenters. The van der Waals surface area contributed by atoms with Crippen LogP contribution in [0.5, 0.6) is 11.8 Å². The molecule has 0 amide bonds. The minimum absolute atomic E-state index is 0.290. The van der Waals surface area contributed by atoms with Gasteiger partial charge in [-0.3, -0.25) is 0 Å². The molecule has 1 aromatic carbocycles. The van der Waals surface area contributed by atoms with Gasteiger partial charge in [0.05, 0.1) is 0 Å². The summed E-state index contributed by atoms with van der Waals surface area (Å²) in [5.41, 5.74) is 2.17. The average Bonchev–Trinajstić information content (AvgIpc) is 2.43. The Morgan fingerprint density at radius 3 is 2.57 bits per heavy atom. The van der Waals surface area contributed by atoms with E-state index in [2.05, 4.69) is 20.3 Å². The zero-order valence-corrected chi connectivity index (χ0v) is 13.1. The van der Waals surface area contributed by atoms with E-state index in [-0.39, 0.29) is 0 Å². The minimum Gasteiger partial charge on any atom is -0.424 e. The molecule has 0 aliphatic carbocycles. The monoisotopic (exact) mass is 287 g/mol. The molecule has 0 aliphatic rings. The van der Waals surface area contributed by atoms with Gasteiger partial charge in [-0.15, -0.1) is 0 Å². The second-order valence-electron chi connectivity index (χ2n) is 5.04. The van der Waals surface area contributed by atoms with Crippen LogP contribution in [0.3, 0.4) is 0 Å². The Kier molecular flexibility index (Phi) is 4.57. The van der Waals surface area contributed by atoms with Crippen LogP contribution in [-0.2, 0) is 0 Å². The molecule has 0 fully saturated rings. The number of benzene rings is 1. The standard InChI is InChI=1S/C15H21N5O/c1-6-16-13-17-14(20(4)5)19-15(18-13)21-12-9-10(2)7-8-11(12)3/h7-9H,6H2,1-5H3,(H,16,17,18,19). The van der Waals surface area contributed by atoms with E-state index < -0.39 is 0 Å². The van der Waals surface area contributed by atoms with Crippen molar-refractivity contribution in [2.24, 2.45) is 0 Å². The fourth-order valence-corrected chi connectivity index (χ4v) is 1.74. The Hall–Kier alpha value is -2.37. The van der Waals surface area contributed by atoms with Crippen molar-refractivity contribution >= 4 is 11.9 Å². The molecule has 0 saturated heterocycles. The van der Waals surface area contributed by atoms with Gasteiger partial charge in [0.15, 0.2) is 0 Å². The van der Waals surface area contributed by atoms with Gasteiger partial charge in [-0.1, -0.05) is 12.1 Å². The predicted molar refractivity (Wildman–Crippen MR) is 84.3 cm³/mol. The number of anilines is 2. The molecule has 0 spiro atoms. The van der Waals surface area contributed by atoms with Crippen LogP contribution in [0.4, 0.5) is 11.9 Å². The van der Waals surface area contributed by atoms with Gasteiger partial charge >= 0.3 is 6.01 Å². The number of rotatable bonds is 5. The van der Waals surface area contributed by atoms with E-state index in [1.165, 1.54) is 0 Å². The minimum atomic E-state index is 0.290. The number of aromatic nitrogens is 3. The first-order valence-electron chi connectivity index (χ1n) is 6.92. The van der Waals surface area contributed by atoms with E-state index in [0.29, 0.717) is 17.9 Å². The van der Waals surface area contributed by atoms with Crippen molar-refractivity contribution in [1.29, 1.82) is 0 Å². The van der Waals surface area contributed by atoms with Gasteiger partial charge < -0.3 is 15.0 Å². The summed E-state index contributed by atoms with van der Waals surface area (Å²) in [4.78, 5) is 14.7. The van der Waals surface area contributed by atoms with E-state index in [4.69, 9.17) is 4.74 Å². The fourth-order valence-electron chi connectivity index (χ4n) is 1.74. The summed E-state index contributed by atoms with van der Waals surface area (Å²) in [7, 11) is 3.76. The molecular weight excluding hydrogens is 266 g/mol. The molecule has 6 nitrogen and oxygen atoms in total. The quantitative estimate of drug-likeness (QED) is 0.912. The molecule has 6 heteroatoms. The average molecular weight is 287 g/mol. The van der Waals surface area contributed by atoms with Gasteiger partial charge in [0.1, 0.15) is 5.75 Å². The van der Waals surface area contributed by atoms with Crippen molar-refractivity contribution in [3.63, 3.8) is 0 Å². The number of nitrogens with one attached hydrogen (secondary N) is 1. The molecule has 0 radical (unpaired) electrons. The molecule has 1 heterocycles. The highest BCUT2D eigenvalue weighted by Gasteiger charge is 2.11. The normalized spacial score (nSPS) is 10.3. The van der Waals surface area contributed by atoms with Crippen LogP contribution in [0.2, 0.25) is 0 Å². The Morgan fingerprint density at radius 1 is 1.14 bits per heavy atom. The van der Waals surface area contributed by atoms with Gasteiger partial charge in [-0.2, -0.15) is 15.0 Å². The lowest BCUT2D eigenvalue weighted by Crippen LogP contribution is -2.15. The maximum Gasteiger partial charge on any atom is 0.328 e. The van der Waals surface area contributed by atoms with Crippen molar-refractivity contribution in [2.45, 2.75) is 20.8 Å². The van der Waals surface area contributed by atoms with E-state index >= 15 is 0 Å². The molecule has 0 saturated carbocycles. The van der Waals surface area contributed by atoms with E-state index in [0.717, 1.165) is 23.4 Å². The van der Waals surface area contributed by atoms with E-state index in [9.17, 15) is 0 Å². The first kappa shape index (κ1) is 15.0. The smallest absolute Gasteiger partial charge is 0.328 e. The highest BCUT2D eigenvalue weighted by molar-refractivity contribution is 5.40. The Labute approximate surface area is 125 Å². The number of hydrogen-bond acceptors (Lipinski definition) is 6. The van der Waals surface area contributed by atoms with Crippen LogP contribution in [0.1, 0.15) is 18.1 Å². The van der Waals surface area contributed by atoms with Crippen LogP contribution in [0.25, 0.3) is 0 Å². The molecule has 0 atom stereocenters. The second-order valence-corrected chi connectivity index (χ2v) is 5.04. The summed E-state index contributed by atoms with van der Waals surface area (Å²) in [6.07, 6.45) is 0. The Balaban J connectivity index is 2.36. The summed E-state index contributed by atoms with van der Waals surface area (Å²) >= 11 is 0. The molecule has 1 aromatic heterocycles. The molecule has 2 rings (SSSR count). The molecule has 0 aliphatic heterocycles.